The Bertz CT molecular complexity index is 482. The topological polar surface area (TPSA) is 88.5 Å². The molecule has 0 spiro atoms. The minimum absolute atomic E-state index is 0.0688. The van der Waals surface area contributed by atoms with Gasteiger partial charge < -0.3 is 9.84 Å². The van der Waals surface area contributed by atoms with Gasteiger partial charge in [-0.15, -0.1) is 0 Å². The van der Waals surface area contributed by atoms with Crippen molar-refractivity contribution in [1.82, 2.24) is 4.98 Å². The van der Waals surface area contributed by atoms with E-state index in [2.05, 4.69) is 26.2 Å². The predicted octanol–water partition coefficient (Wildman–Crippen LogP) is 2.89. The summed E-state index contributed by atoms with van der Waals surface area (Å²) in [6.07, 6.45) is 0.590. The Morgan fingerprint density at radius 2 is 2.06 bits per heavy atom. The summed E-state index contributed by atoms with van der Waals surface area (Å²) in [7, 11) is 0. The van der Waals surface area contributed by atoms with Crippen molar-refractivity contribution in [2.45, 2.75) is 26.4 Å². The fourth-order valence-electron chi connectivity index (χ4n) is 1.12. The number of hydrogen-bond acceptors (Lipinski definition) is 4. The standard InChI is InChI=1S/C11H13BrN2O4/c1-11(2,3)18-10(17)14-7-6(12)4-5-13-8(7)9(15)16/h4-5H,1-3H3,(H,14,17)(H,15,16). The molecular weight excluding hydrogens is 304 g/mol. The highest BCUT2D eigenvalue weighted by Crippen LogP contribution is 2.25. The third-order valence-corrected chi connectivity index (χ3v) is 2.39. The quantitative estimate of drug-likeness (QED) is 0.875. The Labute approximate surface area is 112 Å². The first-order valence-corrected chi connectivity index (χ1v) is 5.88. The van der Waals surface area contributed by atoms with E-state index in [1.165, 1.54) is 12.3 Å². The third kappa shape index (κ3) is 3.99. The zero-order valence-corrected chi connectivity index (χ0v) is 11.7. The number of carbonyl (C=O) groups is 2. The van der Waals surface area contributed by atoms with Crippen molar-refractivity contribution >= 4 is 33.7 Å². The maximum absolute atomic E-state index is 11.6. The van der Waals surface area contributed by atoms with Crippen molar-refractivity contribution in [1.29, 1.82) is 0 Å². The van der Waals surface area contributed by atoms with Gasteiger partial charge in [0.15, 0.2) is 5.69 Å². The molecule has 7 heteroatoms. The van der Waals surface area contributed by atoms with E-state index in [9.17, 15) is 9.59 Å². The molecule has 0 saturated carbocycles. The summed E-state index contributed by atoms with van der Waals surface area (Å²) in [4.78, 5) is 26.2. The van der Waals surface area contributed by atoms with Crippen LogP contribution in [0.4, 0.5) is 10.5 Å². The fraction of sp³-hybridized carbons (Fsp3) is 0.364. The van der Waals surface area contributed by atoms with Crippen LogP contribution in [0.3, 0.4) is 0 Å². The Morgan fingerprint density at radius 3 is 2.56 bits per heavy atom. The Balaban J connectivity index is 2.97. The van der Waals surface area contributed by atoms with E-state index in [0.29, 0.717) is 4.47 Å². The van der Waals surface area contributed by atoms with Gasteiger partial charge in [-0.05, 0) is 42.8 Å². The number of anilines is 1. The van der Waals surface area contributed by atoms with E-state index in [0.717, 1.165) is 0 Å². The summed E-state index contributed by atoms with van der Waals surface area (Å²) >= 11 is 3.15. The van der Waals surface area contributed by atoms with Crippen LogP contribution in [0.15, 0.2) is 16.7 Å². The number of hydrogen-bond donors (Lipinski definition) is 2. The van der Waals surface area contributed by atoms with Gasteiger partial charge in [0.2, 0.25) is 0 Å². The van der Waals surface area contributed by atoms with Crippen molar-refractivity contribution in [3.63, 3.8) is 0 Å². The maximum atomic E-state index is 11.6. The van der Waals surface area contributed by atoms with Gasteiger partial charge in [0.1, 0.15) is 5.60 Å². The van der Waals surface area contributed by atoms with E-state index in [1.54, 1.807) is 20.8 Å². The fourth-order valence-corrected chi connectivity index (χ4v) is 1.53. The summed E-state index contributed by atoms with van der Waals surface area (Å²) < 4.78 is 5.46. The van der Waals surface area contributed by atoms with Gasteiger partial charge >= 0.3 is 12.1 Å². The molecular formula is C11H13BrN2O4. The molecule has 0 saturated heterocycles. The Morgan fingerprint density at radius 1 is 1.44 bits per heavy atom. The molecule has 1 aromatic heterocycles. The molecule has 0 atom stereocenters. The van der Waals surface area contributed by atoms with Crippen molar-refractivity contribution in [3.8, 4) is 0 Å². The minimum atomic E-state index is -1.23. The summed E-state index contributed by atoms with van der Waals surface area (Å²) in [5.74, 6) is -1.23. The lowest BCUT2D eigenvalue weighted by Gasteiger charge is -2.20. The molecule has 0 bridgehead atoms. The van der Waals surface area contributed by atoms with Crippen LogP contribution in [-0.2, 0) is 4.74 Å². The van der Waals surface area contributed by atoms with E-state index in [-0.39, 0.29) is 11.4 Å². The number of nitrogens with zero attached hydrogens (tertiary/aromatic N) is 1. The second kappa shape index (κ2) is 5.34. The highest BCUT2D eigenvalue weighted by atomic mass is 79.9. The number of aromatic carboxylic acids is 1. The number of halogens is 1. The largest absolute Gasteiger partial charge is 0.476 e. The number of nitrogens with one attached hydrogen (secondary N) is 1. The van der Waals surface area contributed by atoms with E-state index >= 15 is 0 Å². The molecule has 0 aliphatic rings. The smallest absolute Gasteiger partial charge is 0.412 e. The minimum Gasteiger partial charge on any atom is -0.476 e. The number of ether oxygens (including phenoxy) is 1. The van der Waals surface area contributed by atoms with Crippen LogP contribution in [0.25, 0.3) is 0 Å². The average molecular weight is 317 g/mol. The molecule has 0 aromatic carbocycles. The van der Waals surface area contributed by atoms with Gasteiger partial charge in [0.25, 0.3) is 0 Å². The highest BCUT2D eigenvalue weighted by Gasteiger charge is 2.21. The monoisotopic (exact) mass is 316 g/mol. The average Bonchev–Trinajstić information content (AvgIpc) is 2.17. The predicted molar refractivity (Wildman–Crippen MR) is 68.8 cm³/mol. The molecule has 1 heterocycles. The number of pyridine rings is 1. The number of carboxylic acid groups (broad SMARTS) is 1. The molecule has 0 radical (unpaired) electrons. The highest BCUT2D eigenvalue weighted by molar-refractivity contribution is 9.10. The van der Waals surface area contributed by atoms with Crippen LogP contribution in [0.2, 0.25) is 0 Å². The SMILES string of the molecule is CC(C)(C)OC(=O)Nc1c(Br)ccnc1C(=O)O. The second-order valence-electron chi connectivity index (χ2n) is 4.45. The zero-order valence-electron chi connectivity index (χ0n) is 10.2. The zero-order chi connectivity index (χ0) is 13.9. The molecule has 2 N–H and O–H groups in total. The first kappa shape index (κ1) is 14.4. The maximum Gasteiger partial charge on any atom is 0.412 e. The van der Waals surface area contributed by atoms with Crippen molar-refractivity contribution in [2.75, 3.05) is 5.32 Å². The van der Waals surface area contributed by atoms with Crippen molar-refractivity contribution < 1.29 is 19.4 Å². The summed E-state index contributed by atoms with van der Waals surface area (Å²) in [5.41, 5.74) is -0.850. The normalized spacial score (nSPS) is 10.9. The molecule has 1 amide bonds. The van der Waals surface area contributed by atoms with E-state index in [1.807, 2.05) is 0 Å². The van der Waals surface area contributed by atoms with Crippen LogP contribution in [0.5, 0.6) is 0 Å². The Kier molecular flexibility index (Phi) is 4.28. The van der Waals surface area contributed by atoms with Gasteiger partial charge in [-0.3, -0.25) is 5.32 Å². The molecule has 0 fully saturated rings. The molecule has 1 aromatic rings. The molecule has 0 aliphatic heterocycles. The molecule has 0 unspecified atom stereocenters. The van der Waals surface area contributed by atoms with Crippen LogP contribution in [0.1, 0.15) is 31.3 Å². The van der Waals surface area contributed by atoms with Crippen LogP contribution in [-0.4, -0.2) is 27.8 Å². The van der Waals surface area contributed by atoms with Crippen LogP contribution in [0, 0.1) is 0 Å². The van der Waals surface area contributed by atoms with Crippen LogP contribution >= 0.6 is 15.9 Å². The number of carboxylic acids is 1. The molecule has 0 aliphatic carbocycles. The summed E-state index contributed by atoms with van der Waals surface area (Å²) in [6.45, 7) is 5.13. The molecule has 18 heavy (non-hydrogen) atoms. The molecule has 6 nitrogen and oxygen atoms in total. The van der Waals surface area contributed by atoms with E-state index in [4.69, 9.17) is 9.84 Å². The van der Waals surface area contributed by atoms with Gasteiger partial charge in [0.05, 0.1) is 5.69 Å². The van der Waals surface area contributed by atoms with Crippen molar-refractivity contribution in [2.24, 2.45) is 0 Å². The molecule has 1 rings (SSSR count). The second-order valence-corrected chi connectivity index (χ2v) is 5.30. The van der Waals surface area contributed by atoms with Gasteiger partial charge in [-0.1, -0.05) is 0 Å². The van der Waals surface area contributed by atoms with Gasteiger partial charge in [-0.2, -0.15) is 0 Å². The lowest BCUT2D eigenvalue weighted by atomic mass is 10.2. The first-order valence-electron chi connectivity index (χ1n) is 5.08. The summed E-state index contributed by atoms with van der Waals surface area (Å²) in [6, 6.07) is 1.53. The number of carbonyl (C=O) groups excluding carboxylic acids is 1. The lowest BCUT2D eigenvalue weighted by molar-refractivity contribution is 0.0635. The molecule has 98 valence electrons. The van der Waals surface area contributed by atoms with E-state index < -0.39 is 17.7 Å². The Hall–Kier alpha value is -1.63. The lowest BCUT2D eigenvalue weighted by Crippen LogP contribution is -2.28. The van der Waals surface area contributed by atoms with Gasteiger partial charge in [-0.25, -0.2) is 14.6 Å². The summed E-state index contributed by atoms with van der Waals surface area (Å²) in [5, 5.41) is 11.3. The van der Waals surface area contributed by atoms with Crippen molar-refractivity contribution in [3.05, 3.63) is 22.4 Å². The number of amides is 1. The third-order valence-electron chi connectivity index (χ3n) is 1.73. The number of aromatic nitrogens is 1. The van der Waals surface area contributed by atoms with Gasteiger partial charge in [0, 0.05) is 10.7 Å². The first-order chi connectivity index (χ1) is 8.20. The number of rotatable bonds is 2. The van der Waals surface area contributed by atoms with Crippen LogP contribution < -0.4 is 5.32 Å².